The summed E-state index contributed by atoms with van der Waals surface area (Å²) in [6.07, 6.45) is 1.54. The van der Waals surface area contributed by atoms with Crippen LogP contribution in [0.2, 0.25) is 0 Å². The van der Waals surface area contributed by atoms with Crippen molar-refractivity contribution in [1.29, 1.82) is 0 Å². The number of aromatic carboxylic acids is 1. The zero-order valence-corrected chi connectivity index (χ0v) is 11.4. The van der Waals surface area contributed by atoms with Crippen LogP contribution in [0, 0.1) is 0 Å². The first-order chi connectivity index (χ1) is 9.99. The first kappa shape index (κ1) is 13.2. The molecule has 1 aromatic heterocycles. The van der Waals surface area contributed by atoms with Crippen molar-refractivity contribution < 1.29 is 19.8 Å². The lowest BCUT2D eigenvalue weighted by Crippen LogP contribution is -2.42. The average Bonchev–Trinajstić information content (AvgIpc) is 2.90. The van der Waals surface area contributed by atoms with Crippen LogP contribution >= 0.6 is 0 Å². The van der Waals surface area contributed by atoms with Crippen LogP contribution < -0.4 is 4.90 Å². The molecule has 0 saturated heterocycles. The van der Waals surface area contributed by atoms with Crippen LogP contribution in [0.4, 0.5) is 5.69 Å². The first-order valence-corrected chi connectivity index (χ1v) is 6.51. The van der Waals surface area contributed by atoms with E-state index < -0.39 is 18.0 Å². The minimum atomic E-state index is -0.993. The number of para-hydroxylation sites is 1. The Labute approximate surface area is 120 Å². The fourth-order valence-electron chi connectivity index (χ4n) is 2.62. The molecule has 0 aliphatic carbocycles. The normalized spacial score (nSPS) is 14.2. The maximum atomic E-state index is 11.3. The van der Waals surface area contributed by atoms with Gasteiger partial charge in [0.1, 0.15) is 6.04 Å². The highest BCUT2D eigenvalue weighted by molar-refractivity contribution is 5.92. The molecule has 3 rings (SSSR count). The fraction of sp³-hybridized carbons (Fsp3) is 0.200. The summed E-state index contributed by atoms with van der Waals surface area (Å²) in [7, 11) is 0. The Hall–Kier alpha value is -2.76. The molecule has 108 valence electrons. The van der Waals surface area contributed by atoms with Crippen LogP contribution in [0.15, 0.2) is 36.5 Å². The highest BCUT2D eigenvalue weighted by Gasteiger charge is 2.29. The minimum absolute atomic E-state index is 0.199. The van der Waals surface area contributed by atoms with Gasteiger partial charge in [-0.15, -0.1) is 0 Å². The Morgan fingerprint density at radius 1 is 1.24 bits per heavy atom. The Morgan fingerprint density at radius 3 is 2.62 bits per heavy atom. The quantitative estimate of drug-likeness (QED) is 0.903. The number of rotatable bonds is 3. The third-order valence-electron chi connectivity index (χ3n) is 3.76. The van der Waals surface area contributed by atoms with Gasteiger partial charge in [-0.2, -0.15) is 0 Å². The number of carboxylic acid groups (broad SMARTS) is 2. The number of fused-ring (bicyclic) bond motifs is 3. The van der Waals surface area contributed by atoms with Gasteiger partial charge in [0.2, 0.25) is 0 Å². The second kappa shape index (κ2) is 4.66. The van der Waals surface area contributed by atoms with Gasteiger partial charge in [-0.3, -0.25) is 0 Å². The van der Waals surface area contributed by atoms with Crippen LogP contribution in [0.25, 0.3) is 11.3 Å². The van der Waals surface area contributed by atoms with Gasteiger partial charge in [-0.05, 0) is 19.1 Å². The Balaban J connectivity index is 2.15. The third-order valence-corrected chi connectivity index (χ3v) is 3.76. The molecule has 0 saturated carbocycles. The van der Waals surface area contributed by atoms with E-state index in [1.165, 1.54) is 6.20 Å². The van der Waals surface area contributed by atoms with Gasteiger partial charge in [0, 0.05) is 17.4 Å². The summed E-state index contributed by atoms with van der Waals surface area (Å²) >= 11 is 0. The van der Waals surface area contributed by atoms with Crippen molar-refractivity contribution in [3.05, 3.63) is 42.1 Å². The van der Waals surface area contributed by atoms with Gasteiger partial charge in [0.05, 0.1) is 17.9 Å². The molecule has 1 aliphatic heterocycles. The standard InChI is InChI=1S/C15H14N2O4/c1-9(14(18)19)17-8-16-7-10(15(20)21)6-13(16)11-4-2-3-5-12(11)17/h2-7,9H,8H2,1H3,(H,18,19)(H,20,21). The largest absolute Gasteiger partial charge is 0.480 e. The zero-order valence-electron chi connectivity index (χ0n) is 11.4. The van der Waals surface area contributed by atoms with Crippen molar-refractivity contribution in [3.63, 3.8) is 0 Å². The van der Waals surface area contributed by atoms with Gasteiger partial charge in [0.25, 0.3) is 0 Å². The van der Waals surface area contributed by atoms with Crippen LogP contribution in [0.3, 0.4) is 0 Å². The van der Waals surface area contributed by atoms with Crippen LogP contribution in [0.1, 0.15) is 17.3 Å². The summed E-state index contributed by atoms with van der Waals surface area (Å²) in [5.74, 6) is -1.91. The molecular formula is C15H14N2O4. The third kappa shape index (κ3) is 2.05. The first-order valence-electron chi connectivity index (χ1n) is 6.51. The van der Waals surface area contributed by atoms with E-state index in [1.807, 2.05) is 24.3 Å². The molecular weight excluding hydrogens is 272 g/mol. The summed E-state index contributed by atoms with van der Waals surface area (Å²) in [5.41, 5.74) is 2.63. The van der Waals surface area contributed by atoms with Crippen molar-refractivity contribution >= 4 is 17.6 Å². The van der Waals surface area contributed by atoms with Crippen LogP contribution in [0.5, 0.6) is 0 Å². The summed E-state index contributed by atoms with van der Waals surface area (Å²) in [5, 5.41) is 18.4. The number of benzene rings is 1. The zero-order chi connectivity index (χ0) is 15.1. The molecule has 6 nitrogen and oxygen atoms in total. The SMILES string of the molecule is CC(C(=O)O)N1Cn2cc(C(=O)O)cc2-c2ccccc21. The van der Waals surface area contributed by atoms with Crippen molar-refractivity contribution in [1.82, 2.24) is 4.57 Å². The summed E-state index contributed by atoms with van der Waals surface area (Å²) in [4.78, 5) is 24.2. The molecule has 0 amide bonds. The molecule has 21 heavy (non-hydrogen) atoms. The lowest BCUT2D eigenvalue weighted by Gasteiger charge is -2.35. The van der Waals surface area contributed by atoms with E-state index in [9.17, 15) is 14.7 Å². The predicted molar refractivity (Wildman–Crippen MR) is 76.4 cm³/mol. The van der Waals surface area contributed by atoms with E-state index in [2.05, 4.69) is 0 Å². The highest BCUT2D eigenvalue weighted by Crippen LogP contribution is 2.37. The molecule has 1 unspecified atom stereocenters. The van der Waals surface area contributed by atoms with Gasteiger partial charge in [0.15, 0.2) is 0 Å². The van der Waals surface area contributed by atoms with Crippen LogP contribution in [-0.2, 0) is 11.5 Å². The summed E-state index contributed by atoms with van der Waals surface area (Å²) < 4.78 is 1.77. The molecule has 2 aromatic rings. The topological polar surface area (TPSA) is 82.8 Å². The van der Waals surface area contributed by atoms with E-state index in [0.717, 1.165) is 16.9 Å². The minimum Gasteiger partial charge on any atom is -0.480 e. The number of aromatic nitrogens is 1. The number of carbonyl (C=O) groups is 2. The van der Waals surface area contributed by atoms with E-state index in [4.69, 9.17) is 5.11 Å². The van der Waals surface area contributed by atoms with Crippen molar-refractivity contribution in [2.24, 2.45) is 0 Å². The average molecular weight is 286 g/mol. The monoisotopic (exact) mass is 286 g/mol. The van der Waals surface area contributed by atoms with Gasteiger partial charge in [-0.25, -0.2) is 9.59 Å². The molecule has 1 aliphatic rings. The van der Waals surface area contributed by atoms with Crippen molar-refractivity contribution in [2.75, 3.05) is 4.90 Å². The Morgan fingerprint density at radius 2 is 1.95 bits per heavy atom. The number of carboxylic acids is 2. The second-order valence-corrected chi connectivity index (χ2v) is 5.03. The van der Waals surface area contributed by atoms with E-state index in [-0.39, 0.29) is 5.56 Å². The van der Waals surface area contributed by atoms with E-state index in [0.29, 0.717) is 6.67 Å². The Bertz CT molecular complexity index is 735. The highest BCUT2D eigenvalue weighted by atomic mass is 16.4. The predicted octanol–water partition coefficient (Wildman–Crippen LogP) is 2.10. The molecule has 0 radical (unpaired) electrons. The van der Waals surface area contributed by atoms with Crippen molar-refractivity contribution in [2.45, 2.75) is 19.6 Å². The number of hydrogen-bond acceptors (Lipinski definition) is 3. The molecule has 0 bridgehead atoms. The molecule has 1 atom stereocenters. The number of nitrogens with zero attached hydrogens (tertiary/aromatic N) is 2. The molecule has 6 heteroatoms. The lowest BCUT2D eigenvalue weighted by atomic mass is 10.1. The molecule has 2 N–H and O–H groups in total. The van der Waals surface area contributed by atoms with Gasteiger partial charge in [-0.1, -0.05) is 18.2 Å². The fourth-order valence-corrected chi connectivity index (χ4v) is 2.62. The van der Waals surface area contributed by atoms with E-state index >= 15 is 0 Å². The number of aliphatic carboxylic acids is 1. The maximum Gasteiger partial charge on any atom is 0.337 e. The molecule has 0 spiro atoms. The smallest absolute Gasteiger partial charge is 0.337 e. The maximum absolute atomic E-state index is 11.3. The molecule has 1 aromatic carbocycles. The second-order valence-electron chi connectivity index (χ2n) is 5.03. The van der Waals surface area contributed by atoms with Gasteiger partial charge >= 0.3 is 11.9 Å². The van der Waals surface area contributed by atoms with Crippen molar-refractivity contribution in [3.8, 4) is 11.3 Å². The molecule has 0 fully saturated rings. The molecule has 2 heterocycles. The van der Waals surface area contributed by atoms with Crippen LogP contribution in [-0.4, -0.2) is 32.8 Å². The lowest BCUT2D eigenvalue weighted by molar-refractivity contribution is -0.138. The Kier molecular flexibility index (Phi) is 2.94. The number of hydrogen-bond donors (Lipinski definition) is 2. The van der Waals surface area contributed by atoms with Gasteiger partial charge < -0.3 is 19.7 Å². The number of anilines is 1. The summed E-state index contributed by atoms with van der Waals surface area (Å²) in [6.45, 7) is 1.93. The van der Waals surface area contributed by atoms with E-state index in [1.54, 1.807) is 22.5 Å². The summed E-state index contributed by atoms with van der Waals surface area (Å²) in [6, 6.07) is 8.33.